The molecule has 0 atom stereocenters. The van der Waals surface area contributed by atoms with E-state index in [9.17, 15) is 8.42 Å². The lowest BCUT2D eigenvalue weighted by Gasteiger charge is -2.27. The molecule has 0 radical (unpaired) electrons. The highest BCUT2D eigenvalue weighted by Gasteiger charge is 2.30. The van der Waals surface area contributed by atoms with E-state index in [1.165, 1.54) is 4.31 Å². The maximum Gasteiger partial charge on any atom is 0.246 e. The van der Waals surface area contributed by atoms with Gasteiger partial charge in [-0.2, -0.15) is 4.31 Å². The van der Waals surface area contributed by atoms with Gasteiger partial charge in [0.25, 0.3) is 0 Å². The maximum atomic E-state index is 12.9. The second-order valence-electron chi connectivity index (χ2n) is 5.22. The van der Waals surface area contributed by atoms with Crippen molar-refractivity contribution < 1.29 is 8.42 Å². The summed E-state index contributed by atoms with van der Waals surface area (Å²) < 4.78 is 28.6. The molecule has 0 saturated carbocycles. The second-order valence-corrected chi connectivity index (χ2v) is 8.82. The van der Waals surface area contributed by atoms with Crippen LogP contribution in [-0.4, -0.2) is 25.3 Å². The largest absolute Gasteiger partial charge is 0.398 e. The van der Waals surface area contributed by atoms with Gasteiger partial charge in [-0.1, -0.05) is 35.7 Å². The van der Waals surface area contributed by atoms with Gasteiger partial charge in [0.1, 0.15) is 4.90 Å². The molecule has 120 valence electrons. The van der Waals surface area contributed by atoms with Crippen LogP contribution in [0.25, 0.3) is 0 Å². The van der Waals surface area contributed by atoms with E-state index in [2.05, 4.69) is 38.8 Å². The smallest absolute Gasteiger partial charge is 0.246 e. The predicted octanol–water partition coefficient (Wildman–Crippen LogP) is 4.38. The molecule has 7 heteroatoms. The topological polar surface area (TPSA) is 63.4 Å². The summed E-state index contributed by atoms with van der Waals surface area (Å²) in [5, 5.41) is 0. The van der Waals surface area contributed by atoms with Crippen LogP contribution in [0.4, 0.5) is 5.69 Å². The van der Waals surface area contributed by atoms with Gasteiger partial charge in [-0.15, -0.1) is 0 Å². The molecule has 0 fully saturated rings. The van der Waals surface area contributed by atoms with Crippen molar-refractivity contribution in [1.82, 2.24) is 4.31 Å². The normalized spacial score (nSPS) is 12.3. The van der Waals surface area contributed by atoms with Gasteiger partial charge in [0, 0.05) is 21.5 Å². The second kappa shape index (κ2) is 7.94. The summed E-state index contributed by atoms with van der Waals surface area (Å²) in [6, 6.07) is 3.21. The van der Waals surface area contributed by atoms with E-state index < -0.39 is 10.0 Å². The van der Waals surface area contributed by atoms with Crippen molar-refractivity contribution in [3.05, 3.63) is 21.1 Å². The number of halogens is 2. The first kappa shape index (κ1) is 18.9. The van der Waals surface area contributed by atoms with E-state index in [0.29, 0.717) is 11.0 Å². The van der Waals surface area contributed by atoms with Crippen molar-refractivity contribution in [3.8, 4) is 0 Å². The molecule has 0 saturated heterocycles. The van der Waals surface area contributed by atoms with Gasteiger partial charge in [-0.25, -0.2) is 8.42 Å². The number of nitrogen functional groups attached to an aromatic ring is 1. The molecule has 0 bridgehead atoms. The Morgan fingerprint density at radius 3 is 2.33 bits per heavy atom. The zero-order chi connectivity index (χ0) is 16.2. The van der Waals surface area contributed by atoms with Crippen LogP contribution in [0.3, 0.4) is 0 Å². The van der Waals surface area contributed by atoms with Crippen LogP contribution < -0.4 is 5.73 Å². The molecule has 4 nitrogen and oxygen atoms in total. The minimum atomic E-state index is -3.62. The van der Waals surface area contributed by atoms with Crippen LogP contribution in [0.1, 0.15) is 40.0 Å². The van der Waals surface area contributed by atoms with Gasteiger partial charge >= 0.3 is 0 Å². The molecular weight excluding hydrogens is 420 g/mol. The molecule has 0 aliphatic heterocycles. The Hall–Kier alpha value is -0.110. The number of nitrogens with two attached hydrogens (primary N) is 1. The minimum absolute atomic E-state index is 0.109. The van der Waals surface area contributed by atoms with Crippen molar-refractivity contribution in [1.29, 1.82) is 0 Å². The zero-order valence-electron chi connectivity index (χ0n) is 12.6. The zero-order valence-corrected chi connectivity index (χ0v) is 16.6. The number of unbranched alkanes of at least 4 members (excludes halogenated alkanes) is 2. The Kier molecular flexibility index (Phi) is 7.16. The fourth-order valence-electron chi connectivity index (χ4n) is 2.14. The first-order chi connectivity index (χ1) is 9.71. The Balaban J connectivity index is 3.23. The van der Waals surface area contributed by atoms with Crippen LogP contribution >= 0.6 is 31.9 Å². The number of hydrogen-bond donors (Lipinski definition) is 1. The summed E-state index contributed by atoms with van der Waals surface area (Å²) in [5.74, 6) is 0. The van der Waals surface area contributed by atoms with E-state index >= 15 is 0 Å². The third kappa shape index (κ3) is 4.68. The quantitative estimate of drug-likeness (QED) is 0.504. The monoisotopic (exact) mass is 440 g/mol. The summed E-state index contributed by atoms with van der Waals surface area (Å²) >= 11 is 6.63. The fraction of sp³-hybridized carbons (Fsp3) is 0.571. The van der Waals surface area contributed by atoms with Crippen LogP contribution in [0, 0.1) is 0 Å². The molecule has 1 aromatic rings. The van der Waals surface area contributed by atoms with E-state index in [1.54, 1.807) is 12.1 Å². The summed E-state index contributed by atoms with van der Waals surface area (Å²) in [7, 11) is -3.62. The van der Waals surface area contributed by atoms with Gasteiger partial charge in [0.05, 0.1) is 5.69 Å². The summed E-state index contributed by atoms with van der Waals surface area (Å²) in [6.07, 6.45) is 2.91. The minimum Gasteiger partial charge on any atom is -0.398 e. The van der Waals surface area contributed by atoms with Crippen molar-refractivity contribution in [2.75, 3.05) is 12.3 Å². The number of nitrogens with zero attached hydrogens (tertiary/aromatic N) is 1. The summed E-state index contributed by atoms with van der Waals surface area (Å²) in [6.45, 7) is 6.37. The van der Waals surface area contributed by atoms with Crippen molar-refractivity contribution in [3.63, 3.8) is 0 Å². The van der Waals surface area contributed by atoms with Gasteiger partial charge in [-0.3, -0.25) is 0 Å². The van der Waals surface area contributed by atoms with Gasteiger partial charge < -0.3 is 5.73 Å². The first-order valence-electron chi connectivity index (χ1n) is 6.98. The van der Waals surface area contributed by atoms with Gasteiger partial charge in [0.2, 0.25) is 10.0 Å². The average molecular weight is 442 g/mol. The van der Waals surface area contributed by atoms with E-state index in [4.69, 9.17) is 5.73 Å². The highest BCUT2D eigenvalue weighted by molar-refractivity contribution is 9.11. The highest BCUT2D eigenvalue weighted by atomic mass is 79.9. The molecule has 0 unspecified atom stereocenters. The molecule has 0 heterocycles. The molecule has 2 N–H and O–H groups in total. The van der Waals surface area contributed by atoms with Crippen LogP contribution in [0.5, 0.6) is 0 Å². The van der Waals surface area contributed by atoms with Crippen molar-refractivity contribution in [2.45, 2.75) is 51.0 Å². The summed E-state index contributed by atoms with van der Waals surface area (Å²) in [4.78, 5) is 0.149. The molecule has 0 aliphatic rings. The van der Waals surface area contributed by atoms with Crippen molar-refractivity contribution in [2.24, 2.45) is 0 Å². The fourth-order valence-corrected chi connectivity index (χ4v) is 5.84. The van der Waals surface area contributed by atoms with Crippen molar-refractivity contribution >= 4 is 47.6 Å². The molecule has 0 spiro atoms. The maximum absolute atomic E-state index is 12.9. The van der Waals surface area contributed by atoms with Gasteiger partial charge in [-0.05, 0) is 48.3 Å². The lowest BCUT2D eigenvalue weighted by Crippen LogP contribution is -2.38. The standard InChI is InChI=1S/C14H22Br2N2O2S/c1-4-5-6-7-18(10(2)3)21(19,20)14-12(16)8-11(15)9-13(14)17/h8-10H,4-7,17H2,1-3H3. The van der Waals surface area contributed by atoms with Crippen LogP contribution in [0.2, 0.25) is 0 Å². The molecule has 1 aromatic carbocycles. The molecule has 0 aromatic heterocycles. The molecule has 0 amide bonds. The van der Waals surface area contributed by atoms with E-state index in [-0.39, 0.29) is 16.6 Å². The first-order valence-corrected chi connectivity index (χ1v) is 10.0. The number of hydrogen-bond acceptors (Lipinski definition) is 3. The van der Waals surface area contributed by atoms with Gasteiger partial charge in [0.15, 0.2) is 0 Å². The average Bonchev–Trinajstić information content (AvgIpc) is 2.31. The Morgan fingerprint density at radius 1 is 1.24 bits per heavy atom. The predicted molar refractivity (Wildman–Crippen MR) is 94.8 cm³/mol. The molecule has 1 rings (SSSR count). The SMILES string of the molecule is CCCCCN(C(C)C)S(=O)(=O)c1c(N)cc(Br)cc1Br. The molecule has 21 heavy (non-hydrogen) atoms. The lowest BCUT2D eigenvalue weighted by molar-refractivity contribution is 0.345. The Labute approximate surface area is 144 Å². The molecular formula is C14H22Br2N2O2S. The van der Waals surface area contributed by atoms with E-state index in [1.807, 2.05) is 13.8 Å². The lowest BCUT2D eigenvalue weighted by atomic mass is 10.2. The van der Waals surface area contributed by atoms with E-state index in [0.717, 1.165) is 23.7 Å². The number of sulfonamides is 1. The number of benzene rings is 1. The van der Waals surface area contributed by atoms with Crippen LogP contribution in [-0.2, 0) is 10.0 Å². The number of rotatable bonds is 7. The third-order valence-electron chi connectivity index (χ3n) is 3.16. The molecule has 0 aliphatic carbocycles. The highest BCUT2D eigenvalue weighted by Crippen LogP contribution is 2.34. The third-order valence-corrected chi connectivity index (χ3v) is 6.70. The Bertz CT molecular complexity index is 566. The van der Waals surface area contributed by atoms with Crippen LogP contribution in [0.15, 0.2) is 26.0 Å². The number of anilines is 1. The summed E-state index contributed by atoms with van der Waals surface area (Å²) in [5.41, 5.74) is 6.18. The Morgan fingerprint density at radius 2 is 1.86 bits per heavy atom.